The maximum Gasteiger partial charge on any atom is 0.337 e. The average Bonchev–Trinajstić information content (AvgIpc) is 3.30. The van der Waals surface area contributed by atoms with E-state index in [1.807, 2.05) is 56.3 Å². The highest BCUT2D eigenvalue weighted by atomic mass is 32.2. The minimum Gasteiger partial charge on any atom is -0.494 e. The topological polar surface area (TPSA) is 115 Å². The molecule has 3 aromatic carbocycles. The standard InChI is InChI=1S/C31H36N4O5S/c1-5-6-20-41(38,39)35(19-18-34(2)3)25-15-13-24(14-16-25)32-29(22-10-8-7-9-11-22)28-26-17-12-23(31(37)40-4)21-27(26)33-30(28)36/h7-17,21,33,36H,5-6,18-20H2,1-4H3. The zero-order valence-corrected chi connectivity index (χ0v) is 24.6. The summed E-state index contributed by atoms with van der Waals surface area (Å²) in [5, 5.41) is 11.7. The third-order valence-corrected chi connectivity index (χ3v) is 8.57. The van der Waals surface area contributed by atoms with Crippen molar-refractivity contribution in [2.75, 3.05) is 44.4 Å². The van der Waals surface area contributed by atoms with Gasteiger partial charge in [0.05, 0.1) is 41.1 Å². The number of unbranched alkanes of at least 4 members (excludes halogenated alkanes) is 1. The third kappa shape index (κ3) is 6.96. The molecule has 0 unspecified atom stereocenters. The van der Waals surface area contributed by atoms with E-state index in [0.717, 1.165) is 12.0 Å². The summed E-state index contributed by atoms with van der Waals surface area (Å²) in [5.74, 6) is -0.471. The summed E-state index contributed by atoms with van der Waals surface area (Å²) in [5.41, 5.74) is 3.87. The van der Waals surface area contributed by atoms with E-state index in [1.165, 1.54) is 11.4 Å². The van der Waals surface area contributed by atoms with Gasteiger partial charge in [-0.25, -0.2) is 18.2 Å². The molecule has 0 spiro atoms. The number of ether oxygens (including phenoxy) is 1. The second-order valence-electron chi connectivity index (χ2n) is 9.99. The predicted molar refractivity (Wildman–Crippen MR) is 164 cm³/mol. The van der Waals surface area contributed by atoms with Crippen molar-refractivity contribution in [1.29, 1.82) is 0 Å². The van der Waals surface area contributed by atoms with Crippen LogP contribution in [-0.4, -0.2) is 75.1 Å². The molecule has 0 aliphatic rings. The maximum atomic E-state index is 13.2. The summed E-state index contributed by atoms with van der Waals surface area (Å²) in [6, 6.07) is 21.6. The molecular weight excluding hydrogens is 540 g/mol. The molecule has 2 N–H and O–H groups in total. The SMILES string of the molecule is CCCCS(=O)(=O)N(CCN(C)C)c1ccc(N=C(c2ccccc2)c2c(O)[nH]c3cc(C(=O)OC)ccc23)cc1. The Morgan fingerprint density at radius 1 is 0.976 bits per heavy atom. The lowest BCUT2D eigenvalue weighted by atomic mass is 10.00. The fourth-order valence-electron chi connectivity index (χ4n) is 4.51. The number of methoxy groups -OCH3 is 1. The Balaban J connectivity index is 1.78. The van der Waals surface area contributed by atoms with Crippen molar-refractivity contribution in [1.82, 2.24) is 9.88 Å². The minimum atomic E-state index is -3.49. The fourth-order valence-corrected chi connectivity index (χ4v) is 6.18. The third-order valence-electron chi connectivity index (χ3n) is 6.70. The Kier molecular flexibility index (Phi) is 9.46. The molecule has 1 aromatic heterocycles. The largest absolute Gasteiger partial charge is 0.494 e. The summed E-state index contributed by atoms with van der Waals surface area (Å²) in [4.78, 5) is 21.9. The second kappa shape index (κ2) is 13.0. The van der Waals surface area contributed by atoms with E-state index in [-0.39, 0.29) is 11.6 Å². The molecule has 9 nitrogen and oxygen atoms in total. The number of likely N-dealkylation sites (N-methyl/N-ethyl adjacent to an activating group) is 1. The number of sulfonamides is 1. The highest BCUT2D eigenvalue weighted by Gasteiger charge is 2.23. The normalized spacial score (nSPS) is 12.2. The van der Waals surface area contributed by atoms with E-state index in [4.69, 9.17) is 9.73 Å². The van der Waals surface area contributed by atoms with Crippen molar-refractivity contribution in [3.8, 4) is 5.88 Å². The van der Waals surface area contributed by atoms with Crippen LogP contribution in [0.15, 0.2) is 77.8 Å². The zero-order chi connectivity index (χ0) is 29.6. The van der Waals surface area contributed by atoms with Crippen molar-refractivity contribution in [3.05, 3.63) is 89.5 Å². The number of carbonyl (C=O) groups is 1. The van der Waals surface area contributed by atoms with Gasteiger partial charge in [-0.1, -0.05) is 49.7 Å². The van der Waals surface area contributed by atoms with E-state index in [9.17, 15) is 18.3 Å². The van der Waals surface area contributed by atoms with E-state index in [1.54, 1.807) is 42.5 Å². The Hall–Kier alpha value is -4.15. The number of nitrogens with one attached hydrogen (secondary N) is 1. The Labute approximate surface area is 241 Å². The van der Waals surface area contributed by atoms with E-state index < -0.39 is 16.0 Å². The van der Waals surface area contributed by atoms with E-state index in [0.29, 0.717) is 58.6 Å². The number of aromatic hydroxyl groups is 1. The molecule has 216 valence electrons. The van der Waals surface area contributed by atoms with Crippen molar-refractivity contribution in [2.24, 2.45) is 4.99 Å². The van der Waals surface area contributed by atoms with Gasteiger partial charge >= 0.3 is 5.97 Å². The molecular formula is C31H36N4O5S. The number of esters is 1. The van der Waals surface area contributed by atoms with Crippen LogP contribution < -0.4 is 4.31 Å². The minimum absolute atomic E-state index is 0.0851. The first-order valence-corrected chi connectivity index (χ1v) is 15.1. The number of hydrogen-bond donors (Lipinski definition) is 2. The van der Waals surface area contributed by atoms with Gasteiger partial charge in [-0.3, -0.25) is 4.31 Å². The first kappa shape index (κ1) is 29.8. The highest BCUT2D eigenvalue weighted by Crippen LogP contribution is 2.33. The summed E-state index contributed by atoms with van der Waals surface area (Å²) < 4.78 is 32.6. The van der Waals surface area contributed by atoms with Gasteiger partial charge in [0.15, 0.2) is 5.88 Å². The van der Waals surface area contributed by atoms with Crippen molar-refractivity contribution in [3.63, 3.8) is 0 Å². The number of H-pyrrole nitrogens is 1. The molecule has 10 heteroatoms. The van der Waals surface area contributed by atoms with Crippen LogP contribution in [0.1, 0.15) is 41.3 Å². The van der Waals surface area contributed by atoms with Gasteiger partial charge in [-0.15, -0.1) is 0 Å². The summed E-state index contributed by atoms with van der Waals surface area (Å²) >= 11 is 0. The molecule has 0 atom stereocenters. The molecule has 0 bridgehead atoms. The molecule has 4 aromatic rings. The Morgan fingerprint density at radius 2 is 1.68 bits per heavy atom. The van der Waals surface area contributed by atoms with Crippen LogP contribution in [0.5, 0.6) is 5.88 Å². The van der Waals surface area contributed by atoms with Crippen LogP contribution in [0, 0.1) is 0 Å². The molecule has 0 saturated heterocycles. The number of nitrogens with zero attached hydrogens (tertiary/aromatic N) is 3. The molecule has 0 aliphatic heterocycles. The van der Waals surface area contributed by atoms with Crippen molar-refractivity contribution in [2.45, 2.75) is 19.8 Å². The number of anilines is 1. The van der Waals surface area contributed by atoms with Crippen LogP contribution in [-0.2, 0) is 14.8 Å². The molecule has 0 aliphatic carbocycles. The van der Waals surface area contributed by atoms with E-state index in [2.05, 4.69) is 4.98 Å². The van der Waals surface area contributed by atoms with Crippen LogP contribution in [0.2, 0.25) is 0 Å². The van der Waals surface area contributed by atoms with Gasteiger partial charge in [0.1, 0.15) is 0 Å². The summed E-state index contributed by atoms with van der Waals surface area (Å²) in [6.45, 7) is 2.90. The lowest BCUT2D eigenvalue weighted by molar-refractivity contribution is 0.0601. The Bertz CT molecular complexity index is 1630. The lowest BCUT2D eigenvalue weighted by Crippen LogP contribution is -2.38. The zero-order valence-electron chi connectivity index (χ0n) is 23.8. The molecule has 0 amide bonds. The maximum absolute atomic E-state index is 13.2. The summed E-state index contributed by atoms with van der Waals surface area (Å²) in [6.07, 6.45) is 1.39. The van der Waals surface area contributed by atoms with Gasteiger partial charge in [0, 0.05) is 29.6 Å². The second-order valence-corrected chi connectivity index (χ2v) is 12.0. The number of fused-ring (bicyclic) bond motifs is 1. The number of benzene rings is 3. The van der Waals surface area contributed by atoms with Gasteiger partial charge < -0.3 is 19.7 Å². The van der Waals surface area contributed by atoms with Crippen molar-refractivity contribution < 1.29 is 23.1 Å². The Morgan fingerprint density at radius 3 is 2.32 bits per heavy atom. The number of hydrogen-bond acceptors (Lipinski definition) is 7. The first-order valence-electron chi connectivity index (χ1n) is 13.5. The van der Waals surface area contributed by atoms with E-state index >= 15 is 0 Å². The number of aliphatic imine (C=N–C) groups is 1. The summed E-state index contributed by atoms with van der Waals surface area (Å²) in [7, 11) is 1.65. The molecule has 0 fully saturated rings. The number of aromatic amines is 1. The molecule has 0 saturated carbocycles. The molecule has 1 heterocycles. The number of rotatable bonds is 12. The van der Waals surface area contributed by atoms with Crippen molar-refractivity contribution >= 4 is 44.0 Å². The fraction of sp³-hybridized carbons (Fsp3) is 0.290. The molecule has 4 rings (SSSR count). The quantitative estimate of drug-likeness (QED) is 0.174. The van der Waals surface area contributed by atoms with Gasteiger partial charge in [0.25, 0.3) is 0 Å². The monoisotopic (exact) mass is 576 g/mol. The smallest absolute Gasteiger partial charge is 0.337 e. The van der Waals surface area contributed by atoms with Crippen LogP contribution in [0.3, 0.4) is 0 Å². The molecule has 0 radical (unpaired) electrons. The van der Waals surface area contributed by atoms with Crippen LogP contribution in [0.4, 0.5) is 11.4 Å². The van der Waals surface area contributed by atoms with Gasteiger partial charge in [-0.05, 0) is 56.9 Å². The number of carbonyl (C=O) groups excluding carboxylic acids is 1. The highest BCUT2D eigenvalue weighted by molar-refractivity contribution is 7.92. The van der Waals surface area contributed by atoms with Crippen LogP contribution >= 0.6 is 0 Å². The first-order chi connectivity index (χ1) is 19.6. The molecule has 41 heavy (non-hydrogen) atoms. The number of aromatic nitrogens is 1. The van der Waals surface area contributed by atoms with Crippen LogP contribution in [0.25, 0.3) is 10.9 Å². The van der Waals surface area contributed by atoms with Gasteiger partial charge in [-0.2, -0.15) is 0 Å². The van der Waals surface area contributed by atoms with Gasteiger partial charge in [0.2, 0.25) is 10.0 Å². The average molecular weight is 577 g/mol. The predicted octanol–water partition coefficient (Wildman–Crippen LogP) is 5.33. The lowest BCUT2D eigenvalue weighted by Gasteiger charge is -2.26.